The molecule has 0 saturated heterocycles. The molecule has 0 heterocycles. The second-order valence-corrected chi connectivity index (χ2v) is 6.23. The zero-order valence-electron chi connectivity index (χ0n) is 14.4. The van der Waals surface area contributed by atoms with Crippen LogP contribution in [-0.2, 0) is 4.79 Å². The summed E-state index contributed by atoms with van der Waals surface area (Å²) in [4.78, 5) is 12.6. The average molecular weight is 346 g/mol. The minimum Gasteiger partial charge on any atom is -0.479 e. The molecule has 0 bridgehead atoms. The van der Waals surface area contributed by atoms with Gasteiger partial charge in [0.1, 0.15) is 5.75 Å². The molecule has 0 radical (unpaired) electrons. The third-order valence-corrected chi connectivity index (χ3v) is 4.29. The summed E-state index contributed by atoms with van der Waals surface area (Å²) < 4.78 is 5.81. The van der Waals surface area contributed by atoms with E-state index in [9.17, 15) is 4.79 Å². The van der Waals surface area contributed by atoms with Crippen LogP contribution in [0.15, 0.2) is 48.5 Å². The Balaban J connectivity index is 2.07. The average Bonchev–Trinajstić information content (AvgIpc) is 2.59. The highest BCUT2D eigenvalue weighted by molar-refractivity contribution is 6.32. The van der Waals surface area contributed by atoms with E-state index in [1.54, 1.807) is 12.1 Å². The van der Waals surface area contributed by atoms with Gasteiger partial charge in [-0.15, -0.1) is 0 Å². The van der Waals surface area contributed by atoms with E-state index < -0.39 is 6.10 Å². The number of hydrogen-bond acceptors (Lipinski definition) is 2. The van der Waals surface area contributed by atoms with Gasteiger partial charge in [-0.05, 0) is 37.5 Å². The van der Waals surface area contributed by atoms with E-state index in [4.69, 9.17) is 16.3 Å². The van der Waals surface area contributed by atoms with Crippen LogP contribution in [0.1, 0.15) is 43.9 Å². The van der Waals surface area contributed by atoms with Crippen LogP contribution in [0.4, 0.5) is 0 Å². The predicted molar refractivity (Wildman–Crippen MR) is 98.5 cm³/mol. The summed E-state index contributed by atoms with van der Waals surface area (Å²) in [7, 11) is 0. The van der Waals surface area contributed by atoms with Gasteiger partial charge < -0.3 is 10.1 Å². The molecule has 0 fully saturated rings. The predicted octanol–water partition coefficient (Wildman–Crippen LogP) is 5.07. The lowest BCUT2D eigenvalue weighted by Crippen LogP contribution is -2.40. The number of halogens is 1. The van der Waals surface area contributed by atoms with Gasteiger partial charge in [-0.25, -0.2) is 0 Å². The summed E-state index contributed by atoms with van der Waals surface area (Å²) in [5.41, 5.74) is 2.30. The quantitative estimate of drug-likeness (QED) is 0.760. The van der Waals surface area contributed by atoms with E-state index in [1.165, 1.54) is 5.56 Å². The summed E-state index contributed by atoms with van der Waals surface area (Å²) >= 11 is 6.12. The van der Waals surface area contributed by atoms with Crippen molar-refractivity contribution in [3.05, 3.63) is 64.7 Å². The molecule has 4 heteroatoms. The number of hydrogen-bond donors (Lipinski definition) is 1. The molecule has 128 valence electrons. The molecule has 1 amide bonds. The van der Waals surface area contributed by atoms with Crippen LogP contribution in [0.25, 0.3) is 0 Å². The highest BCUT2D eigenvalue weighted by atomic mass is 35.5. The Kier molecular flexibility index (Phi) is 6.68. The standard InChI is InChI=1S/C20H24ClNO2/c1-4-17(15-12-10-14(3)11-13-15)22-20(23)18(5-2)24-19-9-7-6-8-16(19)21/h6-13,17-18H,4-5H2,1-3H3,(H,22,23)/t17-,18-/m0/s1. The van der Waals surface area contributed by atoms with Gasteiger partial charge in [0.2, 0.25) is 0 Å². The summed E-state index contributed by atoms with van der Waals surface area (Å²) in [6, 6.07) is 15.4. The normalized spacial score (nSPS) is 13.2. The zero-order chi connectivity index (χ0) is 17.5. The lowest BCUT2D eigenvalue weighted by atomic mass is 10.0. The number of nitrogens with one attached hydrogen (secondary N) is 1. The van der Waals surface area contributed by atoms with Gasteiger partial charge in [0.15, 0.2) is 6.10 Å². The largest absolute Gasteiger partial charge is 0.479 e. The summed E-state index contributed by atoms with van der Waals surface area (Å²) in [5, 5.41) is 3.59. The molecular weight excluding hydrogens is 322 g/mol. The van der Waals surface area contributed by atoms with Crippen molar-refractivity contribution in [2.45, 2.75) is 45.8 Å². The number of rotatable bonds is 7. The minimum atomic E-state index is -0.565. The molecule has 2 aromatic carbocycles. The van der Waals surface area contributed by atoms with Crippen LogP contribution in [0.5, 0.6) is 5.75 Å². The summed E-state index contributed by atoms with van der Waals surface area (Å²) in [5.74, 6) is 0.411. The molecule has 0 unspecified atom stereocenters. The van der Waals surface area contributed by atoms with E-state index in [0.29, 0.717) is 17.2 Å². The summed E-state index contributed by atoms with van der Waals surface area (Å²) in [6.45, 7) is 6.03. The number of aryl methyl sites for hydroxylation is 1. The molecule has 0 aliphatic heterocycles. The van der Waals surface area contributed by atoms with E-state index in [0.717, 1.165) is 12.0 Å². The molecule has 0 spiro atoms. The highest BCUT2D eigenvalue weighted by Gasteiger charge is 2.22. The van der Waals surface area contributed by atoms with Crippen molar-refractivity contribution in [1.29, 1.82) is 0 Å². The van der Waals surface area contributed by atoms with Crippen LogP contribution < -0.4 is 10.1 Å². The van der Waals surface area contributed by atoms with Crippen molar-refractivity contribution < 1.29 is 9.53 Å². The van der Waals surface area contributed by atoms with Gasteiger partial charge in [0.05, 0.1) is 11.1 Å². The number of carbonyl (C=O) groups excluding carboxylic acids is 1. The Morgan fingerprint density at radius 3 is 2.33 bits per heavy atom. The van der Waals surface area contributed by atoms with E-state index in [2.05, 4.69) is 36.5 Å². The Morgan fingerprint density at radius 2 is 1.75 bits per heavy atom. The topological polar surface area (TPSA) is 38.3 Å². The molecule has 2 atom stereocenters. The first-order chi connectivity index (χ1) is 11.5. The van der Waals surface area contributed by atoms with Crippen molar-refractivity contribution in [3.63, 3.8) is 0 Å². The second-order valence-electron chi connectivity index (χ2n) is 5.83. The van der Waals surface area contributed by atoms with Gasteiger partial charge in [-0.3, -0.25) is 4.79 Å². The Morgan fingerprint density at radius 1 is 1.08 bits per heavy atom. The van der Waals surface area contributed by atoms with E-state index in [-0.39, 0.29) is 11.9 Å². The monoisotopic (exact) mass is 345 g/mol. The number of amides is 1. The maximum absolute atomic E-state index is 12.6. The van der Waals surface area contributed by atoms with Crippen molar-refractivity contribution in [2.75, 3.05) is 0 Å². The number of para-hydroxylation sites is 1. The van der Waals surface area contributed by atoms with Crippen molar-refractivity contribution in [3.8, 4) is 5.75 Å². The zero-order valence-corrected chi connectivity index (χ0v) is 15.1. The highest BCUT2D eigenvalue weighted by Crippen LogP contribution is 2.25. The van der Waals surface area contributed by atoms with E-state index >= 15 is 0 Å². The lowest BCUT2D eigenvalue weighted by molar-refractivity contribution is -0.128. The third kappa shape index (κ3) is 4.75. The first-order valence-corrected chi connectivity index (χ1v) is 8.71. The number of benzene rings is 2. The lowest BCUT2D eigenvalue weighted by Gasteiger charge is -2.23. The fourth-order valence-electron chi connectivity index (χ4n) is 2.50. The van der Waals surface area contributed by atoms with Crippen LogP contribution in [0, 0.1) is 6.92 Å². The fourth-order valence-corrected chi connectivity index (χ4v) is 2.68. The molecule has 1 N–H and O–H groups in total. The van der Waals surface area contributed by atoms with Gasteiger partial charge >= 0.3 is 0 Å². The first kappa shape index (κ1) is 18.3. The number of carbonyl (C=O) groups is 1. The van der Waals surface area contributed by atoms with Gasteiger partial charge in [-0.1, -0.05) is 67.4 Å². The molecule has 3 nitrogen and oxygen atoms in total. The molecule has 0 aliphatic carbocycles. The second kappa shape index (κ2) is 8.74. The molecule has 0 aromatic heterocycles. The summed E-state index contributed by atoms with van der Waals surface area (Å²) in [6.07, 6.45) is 0.822. The maximum atomic E-state index is 12.6. The molecule has 24 heavy (non-hydrogen) atoms. The Hall–Kier alpha value is -2.00. The Labute approximate surface area is 149 Å². The fraction of sp³-hybridized carbons (Fsp3) is 0.350. The third-order valence-electron chi connectivity index (χ3n) is 3.97. The van der Waals surface area contributed by atoms with Crippen molar-refractivity contribution >= 4 is 17.5 Å². The first-order valence-electron chi connectivity index (χ1n) is 8.33. The minimum absolute atomic E-state index is 0.0259. The van der Waals surface area contributed by atoms with Crippen LogP contribution in [0.2, 0.25) is 5.02 Å². The maximum Gasteiger partial charge on any atom is 0.261 e. The van der Waals surface area contributed by atoms with Gasteiger partial charge in [-0.2, -0.15) is 0 Å². The van der Waals surface area contributed by atoms with E-state index in [1.807, 2.05) is 26.0 Å². The molecule has 0 saturated carbocycles. The molecular formula is C20H24ClNO2. The van der Waals surface area contributed by atoms with Crippen LogP contribution in [-0.4, -0.2) is 12.0 Å². The SMILES string of the molecule is CC[C@H](Oc1ccccc1Cl)C(=O)N[C@@H](CC)c1ccc(C)cc1. The molecule has 0 aliphatic rings. The molecule has 2 aromatic rings. The van der Waals surface area contributed by atoms with Crippen LogP contribution >= 0.6 is 11.6 Å². The number of ether oxygens (including phenoxy) is 1. The molecule has 2 rings (SSSR count). The van der Waals surface area contributed by atoms with Crippen molar-refractivity contribution in [2.24, 2.45) is 0 Å². The van der Waals surface area contributed by atoms with Gasteiger partial charge in [0, 0.05) is 0 Å². The smallest absolute Gasteiger partial charge is 0.261 e. The van der Waals surface area contributed by atoms with Crippen LogP contribution in [0.3, 0.4) is 0 Å². The van der Waals surface area contributed by atoms with Gasteiger partial charge in [0.25, 0.3) is 5.91 Å². The van der Waals surface area contributed by atoms with Crippen molar-refractivity contribution in [1.82, 2.24) is 5.32 Å². The Bertz CT molecular complexity index is 670.